The first-order chi connectivity index (χ1) is 16.5. The van der Waals surface area contributed by atoms with Gasteiger partial charge in [0.2, 0.25) is 0 Å². The molecule has 1 N–H and O–H groups in total. The highest BCUT2D eigenvalue weighted by Crippen LogP contribution is 2.42. The topological polar surface area (TPSA) is 85.3 Å². The molecule has 1 heterocycles. The Balaban J connectivity index is 1.51. The van der Waals surface area contributed by atoms with E-state index in [9.17, 15) is 14.7 Å². The number of fused-ring (bicyclic) bond motifs is 1. The lowest BCUT2D eigenvalue weighted by molar-refractivity contribution is -0.135. The van der Waals surface area contributed by atoms with Gasteiger partial charge in [0, 0.05) is 11.1 Å². The van der Waals surface area contributed by atoms with Crippen LogP contribution in [0.25, 0.3) is 0 Å². The first-order valence-corrected chi connectivity index (χ1v) is 11.1. The predicted octanol–water partition coefficient (Wildman–Crippen LogP) is 3.98. The van der Waals surface area contributed by atoms with Crippen molar-refractivity contribution in [3.63, 3.8) is 0 Å². The van der Waals surface area contributed by atoms with Crippen molar-refractivity contribution in [3.8, 4) is 17.2 Å². The number of nitrogens with zero attached hydrogens (tertiary/aromatic N) is 1. The zero-order valence-corrected chi connectivity index (χ0v) is 19.2. The van der Waals surface area contributed by atoms with Crippen LogP contribution in [0.5, 0.6) is 17.2 Å². The first-order valence-electron chi connectivity index (χ1n) is 11.1. The molecule has 34 heavy (non-hydrogen) atoms. The Morgan fingerprint density at radius 1 is 0.941 bits per heavy atom. The molecule has 1 aliphatic rings. The van der Waals surface area contributed by atoms with Crippen molar-refractivity contribution in [2.45, 2.75) is 18.9 Å². The summed E-state index contributed by atoms with van der Waals surface area (Å²) in [5.74, 6) is 0.928. The smallest absolute Gasteiger partial charge is 0.264 e. The number of anilines is 1. The van der Waals surface area contributed by atoms with Gasteiger partial charge in [0.25, 0.3) is 5.91 Å². The van der Waals surface area contributed by atoms with E-state index in [0.29, 0.717) is 40.7 Å². The van der Waals surface area contributed by atoms with Gasteiger partial charge in [-0.15, -0.1) is 0 Å². The first kappa shape index (κ1) is 23.3. The van der Waals surface area contributed by atoms with Crippen LogP contribution in [0, 0.1) is 0 Å². The van der Waals surface area contributed by atoms with Crippen LogP contribution >= 0.6 is 0 Å². The second-order valence-corrected chi connectivity index (χ2v) is 7.89. The molecule has 176 valence electrons. The molecule has 4 rings (SSSR count). The number of hydrogen-bond acceptors (Lipinski definition) is 6. The Bertz CT molecular complexity index is 1180. The Labute approximate surface area is 198 Å². The van der Waals surface area contributed by atoms with Gasteiger partial charge in [-0.1, -0.05) is 30.3 Å². The molecule has 7 nitrogen and oxygen atoms in total. The van der Waals surface area contributed by atoms with Gasteiger partial charge in [0.05, 0.1) is 32.4 Å². The molecule has 0 radical (unpaired) electrons. The minimum absolute atomic E-state index is 0.184. The highest BCUT2D eigenvalue weighted by Gasteiger charge is 2.50. The second kappa shape index (κ2) is 9.97. The van der Waals surface area contributed by atoms with Crippen molar-refractivity contribution >= 4 is 17.4 Å². The van der Waals surface area contributed by atoms with E-state index in [-0.39, 0.29) is 25.4 Å². The minimum Gasteiger partial charge on any atom is -0.494 e. The van der Waals surface area contributed by atoms with Gasteiger partial charge < -0.3 is 24.2 Å². The monoisotopic (exact) mass is 461 g/mol. The summed E-state index contributed by atoms with van der Waals surface area (Å²) in [6.07, 6.45) is -0.360. The fourth-order valence-corrected chi connectivity index (χ4v) is 4.12. The Kier molecular flexibility index (Phi) is 6.84. The van der Waals surface area contributed by atoms with Crippen molar-refractivity contribution in [2.75, 3.05) is 31.8 Å². The lowest BCUT2D eigenvalue weighted by Crippen LogP contribution is -2.43. The molecule has 0 aliphatic carbocycles. The van der Waals surface area contributed by atoms with Crippen LogP contribution in [0.4, 0.5) is 5.69 Å². The zero-order chi connectivity index (χ0) is 24.1. The van der Waals surface area contributed by atoms with Gasteiger partial charge in [0.1, 0.15) is 12.4 Å². The molecule has 0 bridgehead atoms. The van der Waals surface area contributed by atoms with E-state index in [1.807, 2.05) is 19.1 Å². The summed E-state index contributed by atoms with van der Waals surface area (Å²) in [4.78, 5) is 27.8. The molecule has 1 amide bonds. The molecule has 0 fully saturated rings. The van der Waals surface area contributed by atoms with Crippen molar-refractivity contribution in [3.05, 3.63) is 83.9 Å². The van der Waals surface area contributed by atoms with Crippen LogP contribution < -0.4 is 19.1 Å². The van der Waals surface area contributed by atoms with Gasteiger partial charge in [-0.3, -0.25) is 9.59 Å². The number of methoxy groups -OCH3 is 1. The SMILES string of the molecule is CCOc1ccc(C(=O)CC2(O)C(=O)N(CCOc3ccccc3OC)c3ccccc32)cc1. The highest BCUT2D eigenvalue weighted by atomic mass is 16.5. The van der Waals surface area contributed by atoms with Crippen molar-refractivity contribution < 1.29 is 28.9 Å². The second-order valence-electron chi connectivity index (χ2n) is 7.89. The molecule has 0 spiro atoms. The quantitative estimate of drug-likeness (QED) is 0.460. The predicted molar refractivity (Wildman–Crippen MR) is 128 cm³/mol. The molecule has 3 aromatic carbocycles. The molecule has 7 heteroatoms. The number of ether oxygens (including phenoxy) is 3. The third-order valence-corrected chi connectivity index (χ3v) is 5.78. The fraction of sp³-hybridized carbons (Fsp3) is 0.259. The van der Waals surface area contributed by atoms with Crippen molar-refractivity contribution in [2.24, 2.45) is 0 Å². The number of carbonyl (C=O) groups is 2. The number of benzene rings is 3. The van der Waals surface area contributed by atoms with Crippen LogP contribution in [0.1, 0.15) is 29.3 Å². The summed E-state index contributed by atoms with van der Waals surface area (Å²) in [5.41, 5.74) is -0.564. The average Bonchev–Trinajstić information content (AvgIpc) is 3.06. The van der Waals surface area contributed by atoms with E-state index in [2.05, 4.69) is 0 Å². The van der Waals surface area contributed by atoms with Gasteiger partial charge >= 0.3 is 0 Å². The number of ketones is 1. The Morgan fingerprint density at radius 2 is 1.62 bits per heavy atom. The van der Waals surface area contributed by atoms with E-state index in [1.165, 1.54) is 4.90 Å². The minimum atomic E-state index is -1.95. The summed E-state index contributed by atoms with van der Waals surface area (Å²) in [6, 6.07) is 20.9. The van der Waals surface area contributed by atoms with Gasteiger partial charge in [-0.05, 0) is 49.4 Å². The summed E-state index contributed by atoms with van der Waals surface area (Å²) < 4.78 is 16.5. The Hall–Kier alpha value is -3.84. The van der Waals surface area contributed by atoms with Crippen molar-refractivity contribution in [1.82, 2.24) is 0 Å². The van der Waals surface area contributed by atoms with Crippen molar-refractivity contribution in [1.29, 1.82) is 0 Å². The van der Waals surface area contributed by atoms with Crippen LogP contribution in [-0.4, -0.2) is 43.7 Å². The van der Waals surface area contributed by atoms with E-state index in [4.69, 9.17) is 14.2 Å². The summed E-state index contributed by atoms with van der Waals surface area (Å²) in [7, 11) is 1.56. The zero-order valence-electron chi connectivity index (χ0n) is 19.2. The molecule has 0 saturated heterocycles. The number of aliphatic hydroxyl groups is 1. The standard InChI is InChI=1S/C27H27NO6/c1-3-33-20-14-12-19(13-15-20)23(29)18-27(31)21-8-4-5-9-22(21)28(26(27)30)16-17-34-25-11-7-6-10-24(25)32-2/h4-15,31H,3,16-18H2,1-2H3. The lowest BCUT2D eigenvalue weighted by atomic mass is 9.88. The largest absolute Gasteiger partial charge is 0.494 e. The van der Waals surface area contributed by atoms with Crippen LogP contribution in [0.3, 0.4) is 0 Å². The van der Waals surface area contributed by atoms with Gasteiger partial charge in [-0.25, -0.2) is 0 Å². The van der Waals surface area contributed by atoms with E-state index < -0.39 is 11.5 Å². The molecule has 1 atom stereocenters. The molecule has 1 unspecified atom stereocenters. The third-order valence-electron chi connectivity index (χ3n) is 5.78. The number of Topliss-reactive ketones (excluding diaryl/α,β-unsaturated/α-hetero) is 1. The number of carbonyl (C=O) groups excluding carboxylic acids is 2. The molecule has 0 saturated carbocycles. The lowest BCUT2D eigenvalue weighted by Gasteiger charge is -2.23. The maximum Gasteiger partial charge on any atom is 0.264 e. The molecule has 3 aromatic rings. The van der Waals surface area contributed by atoms with Gasteiger partial charge in [0.15, 0.2) is 22.9 Å². The van der Waals surface area contributed by atoms with Crippen LogP contribution in [-0.2, 0) is 10.4 Å². The summed E-state index contributed by atoms with van der Waals surface area (Å²) in [6.45, 7) is 2.79. The van der Waals surface area contributed by atoms with Crippen LogP contribution in [0.15, 0.2) is 72.8 Å². The number of hydrogen-bond donors (Lipinski definition) is 1. The fourth-order valence-electron chi connectivity index (χ4n) is 4.12. The van der Waals surface area contributed by atoms with E-state index >= 15 is 0 Å². The van der Waals surface area contributed by atoms with Crippen LogP contribution in [0.2, 0.25) is 0 Å². The normalized spacial score (nSPS) is 16.8. The number of rotatable bonds is 10. The van der Waals surface area contributed by atoms with E-state index in [1.54, 1.807) is 67.8 Å². The maximum absolute atomic E-state index is 13.4. The highest BCUT2D eigenvalue weighted by molar-refractivity contribution is 6.10. The molecule has 1 aliphatic heterocycles. The number of para-hydroxylation sites is 3. The van der Waals surface area contributed by atoms with E-state index in [0.717, 1.165) is 0 Å². The average molecular weight is 462 g/mol. The Morgan fingerprint density at radius 3 is 2.32 bits per heavy atom. The third kappa shape index (κ3) is 4.47. The molecule has 0 aromatic heterocycles. The molecular formula is C27H27NO6. The number of amides is 1. The summed E-state index contributed by atoms with van der Waals surface area (Å²) >= 11 is 0. The molecular weight excluding hydrogens is 434 g/mol. The summed E-state index contributed by atoms with van der Waals surface area (Å²) in [5, 5.41) is 11.5. The van der Waals surface area contributed by atoms with Gasteiger partial charge in [-0.2, -0.15) is 0 Å². The maximum atomic E-state index is 13.4.